The molecule has 7 heteroatoms. The van der Waals surface area contributed by atoms with Gasteiger partial charge in [0.15, 0.2) is 5.60 Å². The van der Waals surface area contributed by atoms with Crippen LogP contribution in [0.2, 0.25) is 0 Å². The predicted octanol–water partition coefficient (Wildman–Crippen LogP) is 1.18. The average molecular weight is 352 g/mol. The van der Waals surface area contributed by atoms with Crippen molar-refractivity contribution in [3.8, 4) is 0 Å². The number of ether oxygens (including phenoxy) is 1. The van der Waals surface area contributed by atoms with E-state index in [2.05, 4.69) is 6.58 Å². The van der Waals surface area contributed by atoms with Crippen molar-refractivity contribution in [2.75, 3.05) is 0 Å². The van der Waals surface area contributed by atoms with Crippen LogP contribution >= 0.6 is 0 Å². The first-order chi connectivity index (χ1) is 11.6. The van der Waals surface area contributed by atoms with Crippen LogP contribution in [0.25, 0.3) is 0 Å². The van der Waals surface area contributed by atoms with Gasteiger partial charge in [-0.3, -0.25) is 0 Å². The third kappa shape index (κ3) is 4.50. The van der Waals surface area contributed by atoms with Gasteiger partial charge in [0, 0.05) is 18.8 Å². The highest BCUT2D eigenvalue weighted by Gasteiger charge is 2.50. The standard InChI is InChI=1S/C18H24O7/c1-10-7-12(5-6-13(10)19)4-3-11(2)25-15-9-18(24,17(22)23)8-14(20)16(15)21/h3-6,10,14-16,19-21,24H,2,7-9H2,1H3,(H,22,23)/b4-3+. The molecule has 0 radical (unpaired) electrons. The molecule has 1 fully saturated rings. The molecule has 0 spiro atoms. The van der Waals surface area contributed by atoms with Gasteiger partial charge in [-0.15, -0.1) is 0 Å². The van der Waals surface area contributed by atoms with Gasteiger partial charge in [-0.2, -0.15) is 0 Å². The minimum Gasteiger partial charge on any atom is -0.512 e. The second-order valence-electron chi connectivity index (χ2n) is 6.70. The van der Waals surface area contributed by atoms with Crippen LogP contribution < -0.4 is 0 Å². The Labute approximate surface area is 145 Å². The summed E-state index contributed by atoms with van der Waals surface area (Å²) in [6.07, 6.45) is 2.69. The molecule has 5 N–H and O–H groups in total. The van der Waals surface area contributed by atoms with Crippen molar-refractivity contribution in [1.29, 1.82) is 0 Å². The van der Waals surface area contributed by atoms with Gasteiger partial charge in [0.2, 0.25) is 0 Å². The zero-order chi connectivity index (χ0) is 18.8. The van der Waals surface area contributed by atoms with Crippen LogP contribution in [0.3, 0.4) is 0 Å². The zero-order valence-corrected chi connectivity index (χ0v) is 14.0. The lowest BCUT2D eigenvalue weighted by molar-refractivity contribution is -0.188. The van der Waals surface area contributed by atoms with Gasteiger partial charge < -0.3 is 30.3 Å². The zero-order valence-electron chi connectivity index (χ0n) is 14.0. The van der Waals surface area contributed by atoms with Gasteiger partial charge in [0.1, 0.15) is 18.0 Å². The fraction of sp³-hybridized carbons (Fsp3) is 0.500. The van der Waals surface area contributed by atoms with E-state index in [-0.39, 0.29) is 18.1 Å². The number of hydrogen-bond donors (Lipinski definition) is 5. The molecule has 0 saturated heterocycles. The summed E-state index contributed by atoms with van der Waals surface area (Å²) < 4.78 is 5.45. The second-order valence-corrected chi connectivity index (χ2v) is 6.70. The number of hydrogen-bond acceptors (Lipinski definition) is 6. The quantitative estimate of drug-likeness (QED) is 0.371. The van der Waals surface area contributed by atoms with Crippen LogP contribution in [0.15, 0.2) is 48.0 Å². The van der Waals surface area contributed by atoms with E-state index >= 15 is 0 Å². The highest BCUT2D eigenvalue weighted by atomic mass is 16.5. The maximum absolute atomic E-state index is 11.2. The van der Waals surface area contributed by atoms with Crippen LogP contribution in [-0.2, 0) is 9.53 Å². The highest BCUT2D eigenvalue weighted by Crippen LogP contribution is 2.32. The van der Waals surface area contributed by atoms with Gasteiger partial charge in [0.25, 0.3) is 0 Å². The summed E-state index contributed by atoms with van der Waals surface area (Å²) in [5.41, 5.74) is -1.21. The molecule has 0 aliphatic heterocycles. The third-order valence-electron chi connectivity index (χ3n) is 4.56. The average Bonchev–Trinajstić information content (AvgIpc) is 2.53. The van der Waals surface area contributed by atoms with Gasteiger partial charge in [-0.25, -0.2) is 4.79 Å². The Morgan fingerprint density at radius 3 is 2.64 bits per heavy atom. The SMILES string of the molecule is C=C(/C=C/C1=CC=C(O)C(C)C1)OC1CC(O)(C(=O)O)CC(O)C1O. The first-order valence-electron chi connectivity index (χ1n) is 8.07. The molecular formula is C18H24O7. The molecule has 1 saturated carbocycles. The normalized spacial score (nSPS) is 35.8. The maximum atomic E-state index is 11.2. The van der Waals surface area contributed by atoms with Crippen molar-refractivity contribution < 1.29 is 35.1 Å². The number of carboxylic acid groups (broad SMARTS) is 1. The first kappa shape index (κ1) is 19.2. The lowest BCUT2D eigenvalue weighted by Crippen LogP contribution is -2.56. The molecule has 0 aromatic rings. The monoisotopic (exact) mass is 352 g/mol. The first-order valence-corrected chi connectivity index (χ1v) is 8.07. The van der Waals surface area contributed by atoms with Crippen molar-refractivity contribution in [3.05, 3.63) is 48.0 Å². The smallest absolute Gasteiger partial charge is 0.335 e. The molecule has 25 heavy (non-hydrogen) atoms. The van der Waals surface area contributed by atoms with Crippen molar-refractivity contribution >= 4 is 5.97 Å². The summed E-state index contributed by atoms with van der Waals surface area (Å²) in [6.45, 7) is 5.59. The Kier molecular flexibility index (Phi) is 5.72. The summed E-state index contributed by atoms with van der Waals surface area (Å²) in [5.74, 6) is -0.974. The number of carbonyl (C=O) groups is 1. The van der Waals surface area contributed by atoms with E-state index in [0.717, 1.165) is 5.57 Å². The van der Waals surface area contributed by atoms with E-state index in [1.165, 1.54) is 0 Å². The third-order valence-corrected chi connectivity index (χ3v) is 4.56. The molecule has 2 rings (SSSR count). The number of aliphatic carboxylic acids is 1. The molecule has 0 aromatic carbocycles. The van der Waals surface area contributed by atoms with Gasteiger partial charge in [0.05, 0.1) is 11.9 Å². The van der Waals surface area contributed by atoms with E-state index in [4.69, 9.17) is 9.84 Å². The van der Waals surface area contributed by atoms with Crippen LogP contribution in [0, 0.1) is 5.92 Å². The van der Waals surface area contributed by atoms with Crippen molar-refractivity contribution in [1.82, 2.24) is 0 Å². The Morgan fingerprint density at radius 2 is 2.04 bits per heavy atom. The Hall–Kier alpha value is -2.09. The van der Waals surface area contributed by atoms with Crippen LogP contribution in [0.1, 0.15) is 26.2 Å². The number of aliphatic hydroxyl groups is 4. The van der Waals surface area contributed by atoms with Crippen molar-refractivity contribution in [2.24, 2.45) is 5.92 Å². The van der Waals surface area contributed by atoms with E-state index < -0.39 is 36.3 Å². The summed E-state index contributed by atoms with van der Waals surface area (Å²) in [4.78, 5) is 11.2. The van der Waals surface area contributed by atoms with E-state index in [0.29, 0.717) is 12.2 Å². The minimum atomic E-state index is -2.16. The minimum absolute atomic E-state index is 0.0136. The highest BCUT2D eigenvalue weighted by molar-refractivity contribution is 5.77. The molecule has 138 valence electrons. The molecule has 5 unspecified atom stereocenters. The van der Waals surface area contributed by atoms with Crippen LogP contribution in [-0.4, -0.2) is 55.4 Å². The Balaban J connectivity index is 2.01. The molecule has 2 aliphatic carbocycles. The van der Waals surface area contributed by atoms with Crippen molar-refractivity contribution in [3.63, 3.8) is 0 Å². The largest absolute Gasteiger partial charge is 0.512 e. The summed E-state index contributed by atoms with van der Waals surface area (Å²) in [5, 5.41) is 48.5. The molecule has 2 aliphatic rings. The molecule has 0 bridgehead atoms. The number of aliphatic hydroxyl groups excluding tert-OH is 3. The van der Waals surface area contributed by atoms with E-state index in [9.17, 15) is 25.2 Å². The van der Waals surface area contributed by atoms with Gasteiger partial charge in [-0.05, 0) is 24.1 Å². The molecular weight excluding hydrogens is 328 g/mol. The summed E-state index contributed by atoms with van der Waals surface area (Å²) in [7, 11) is 0. The topological polar surface area (TPSA) is 127 Å². The van der Waals surface area contributed by atoms with E-state index in [1.54, 1.807) is 24.3 Å². The molecule has 0 heterocycles. The predicted molar refractivity (Wildman–Crippen MR) is 89.6 cm³/mol. The second kappa shape index (κ2) is 7.43. The Morgan fingerprint density at radius 1 is 1.36 bits per heavy atom. The number of rotatable bonds is 5. The van der Waals surface area contributed by atoms with Gasteiger partial charge in [-0.1, -0.05) is 25.7 Å². The van der Waals surface area contributed by atoms with Gasteiger partial charge >= 0.3 is 5.97 Å². The molecule has 0 aromatic heterocycles. The maximum Gasteiger partial charge on any atom is 0.335 e. The van der Waals surface area contributed by atoms with Crippen LogP contribution in [0.4, 0.5) is 0 Å². The van der Waals surface area contributed by atoms with Crippen molar-refractivity contribution in [2.45, 2.75) is 50.1 Å². The lowest BCUT2D eigenvalue weighted by Gasteiger charge is -2.39. The fourth-order valence-corrected chi connectivity index (χ4v) is 2.98. The fourth-order valence-electron chi connectivity index (χ4n) is 2.98. The molecule has 7 nitrogen and oxygen atoms in total. The molecule has 0 amide bonds. The Bertz CT molecular complexity index is 633. The number of carboxylic acids is 1. The summed E-state index contributed by atoms with van der Waals surface area (Å²) in [6, 6.07) is 0. The van der Waals surface area contributed by atoms with E-state index in [1.807, 2.05) is 6.92 Å². The number of allylic oxidation sites excluding steroid dienone is 6. The lowest BCUT2D eigenvalue weighted by atomic mass is 9.79. The van der Waals surface area contributed by atoms with Crippen LogP contribution in [0.5, 0.6) is 0 Å². The summed E-state index contributed by atoms with van der Waals surface area (Å²) >= 11 is 0. The molecule has 5 atom stereocenters.